The molecular formula is C33H28Cl2NO7PS. The second-order valence-electron chi connectivity index (χ2n) is 10.2. The molecule has 2 atom stereocenters. The van der Waals surface area contributed by atoms with Crippen molar-refractivity contribution in [1.82, 2.24) is 5.32 Å². The van der Waals surface area contributed by atoms with Crippen molar-refractivity contribution >= 4 is 57.4 Å². The van der Waals surface area contributed by atoms with Crippen LogP contribution >= 0.6 is 30.3 Å². The van der Waals surface area contributed by atoms with E-state index in [1.54, 1.807) is 48.5 Å². The third kappa shape index (κ3) is 9.23. The van der Waals surface area contributed by atoms with Gasteiger partial charge in [-0.15, -0.1) is 0 Å². The van der Waals surface area contributed by atoms with Crippen LogP contribution in [0.2, 0.25) is 10.0 Å². The summed E-state index contributed by atoms with van der Waals surface area (Å²) in [6.45, 7) is 1.41. The van der Waals surface area contributed by atoms with E-state index in [-0.39, 0.29) is 39.3 Å². The molecule has 0 fully saturated rings. The Balaban J connectivity index is 1.59. The van der Waals surface area contributed by atoms with Crippen molar-refractivity contribution in [1.29, 1.82) is 0 Å². The maximum absolute atomic E-state index is 13.4. The molecule has 0 aromatic heterocycles. The molecule has 0 saturated heterocycles. The molecule has 0 aliphatic heterocycles. The van der Waals surface area contributed by atoms with E-state index in [0.717, 1.165) is 11.8 Å². The molecule has 0 bridgehead atoms. The van der Waals surface area contributed by atoms with Gasteiger partial charge in [0.05, 0.1) is 20.5 Å². The molecule has 8 nitrogen and oxygen atoms in total. The number of phenols is 1. The van der Waals surface area contributed by atoms with Gasteiger partial charge in [0.1, 0.15) is 18.4 Å². The minimum absolute atomic E-state index is 0.0387. The van der Waals surface area contributed by atoms with Gasteiger partial charge in [-0.1, -0.05) is 83.7 Å². The van der Waals surface area contributed by atoms with Gasteiger partial charge in [-0.2, -0.15) is 0 Å². The van der Waals surface area contributed by atoms with Gasteiger partial charge < -0.3 is 19.7 Å². The van der Waals surface area contributed by atoms with E-state index < -0.39 is 34.9 Å². The molecule has 1 unspecified atom stereocenters. The highest BCUT2D eigenvalue weighted by atomic mass is 35.5. The zero-order chi connectivity index (χ0) is 32.8. The summed E-state index contributed by atoms with van der Waals surface area (Å²) in [5.41, 5.74) is 4.09. The number of aromatic hydroxyl groups is 1. The van der Waals surface area contributed by atoms with Crippen LogP contribution in [-0.4, -0.2) is 44.4 Å². The summed E-state index contributed by atoms with van der Waals surface area (Å²) < 4.78 is 42.8. The first-order chi connectivity index (χ1) is 21.2. The molecule has 0 aliphatic carbocycles. The van der Waals surface area contributed by atoms with Crippen molar-refractivity contribution in [2.45, 2.75) is 24.0 Å². The largest absolute Gasteiger partial charge is 0.508 e. The number of hydrogen-bond donors (Lipinski definition) is 2. The standard InChI is InChI=1S/C33H28Cl2NO7PS/c1-44(40,26-12-7-11-25(37)20-26)15-14-24-17-28(34)31(29(35)18-24)32(38)36-30(33(39)43-21-22-8-4-3-5-9-22)19-23-10-6-13-27(16-23)45(2,41)42/h3-13,16-18,20,30,37H,19,21H2,1-2H3,(H,36,38)/t30-,44?/m0/s1. The van der Waals surface area contributed by atoms with Crippen LogP contribution in [0.1, 0.15) is 27.0 Å². The lowest BCUT2D eigenvalue weighted by Crippen LogP contribution is -2.43. The van der Waals surface area contributed by atoms with Gasteiger partial charge in [-0.25, -0.2) is 13.2 Å². The molecule has 1 amide bonds. The molecule has 232 valence electrons. The average Bonchev–Trinajstić information content (AvgIpc) is 2.98. The summed E-state index contributed by atoms with van der Waals surface area (Å²) in [7, 11) is -6.70. The Kier molecular flexibility index (Phi) is 10.8. The van der Waals surface area contributed by atoms with Gasteiger partial charge in [-0.3, -0.25) is 4.79 Å². The van der Waals surface area contributed by atoms with Gasteiger partial charge in [0.25, 0.3) is 5.91 Å². The first-order valence-corrected chi connectivity index (χ1v) is 18.2. The van der Waals surface area contributed by atoms with Gasteiger partial charge >= 0.3 is 5.97 Å². The monoisotopic (exact) mass is 683 g/mol. The van der Waals surface area contributed by atoms with Crippen LogP contribution in [0.5, 0.6) is 5.75 Å². The average molecular weight is 685 g/mol. The van der Waals surface area contributed by atoms with Crippen LogP contribution in [0, 0.1) is 11.6 Å². The van der Waals surface area contributed by atoms with Crippen LogP contribution in [0.3, 0.4) is 0 Å². The Labute approximate surface area is 271 Å². The predicted octanol–water partition coefficient (Wildman–Crippen LogP) is 5.81. The molecule has 0 radical (unpaired) electrons. The number of nitrogens with one attached hydrogen (secondary N) is 1. The molecule has 12 heteroatoms. The number of sulfone groups is 1. The van der Waals surface area contributed by atoms with Crippen LogP contribution < -0.4 is 10.6 Å². The smallest absolute Gasteiger partial charge is 0.329 e. The summed E-state index contributed by atoms with van der Waals surface area (Å²) in [4.78, 5) is 26.7. The lowest BCUT2D eigenvalue weighted by Gasteiger charge is -2.19. The number of rotatable bonds is 9. The highest BCUT2D eigenvalue weighted by molar-refractivity contribution is 7.90. The van der Waals surface area contributed by atoms with Gasteiger partial charge in [0, 0.05) is 30.2 Å². The number of carbonyl (C=O) groups is 2. The van der Waals surface area contributed by atoms with E-state index >= 15 is 0 Å². The molecule has 0 aliphatic rings. The summed E-state index contributed by atoms with van der Waals surface area (Å²) in [5.74, 6) is 1.21. The Morgan fingerprint density at radius 2 is 1.58 bits per heavy atom. The van der Waals surface area contributed by atoms with Crippen LogP contribution in [-0.2, 0) is 37.0 Å². The Hall–Kier alpha value is -4.06. The summed E-state index contributed by atoms with van der Waals surface area (Å²) in [6, 6.07) is 22.6. The first kappa shape index (κ1) is 33.8. The van der Waals surface area contributed by atoms with E-state index in [4.69, 9.17) is 27.9 Å². The second-order valence-corrected chi connectivity index (χ2v) is 15.7. The Morgan fingerprint density at radius 3 is 2.22 bits per heavy atom. The fourth-order valence-electron chi connectivity index (χ4n) is 4.25. The number of benzene rings is 4. The van der Waals surface area contributed by atoms with Crippen molar-refractivity contribution in [3.05, 3.63) is 123 Å². The third-order valence-electron chi connectivity index (χ3n) is 6.59. The Bertz CT molecular complexity index is 1950. The lowest BCUT2D eigenvalue weighted by molar-refractivity contribution is -0.147. The molecule has 4 aromatic carbocycles. The Morgan fingerprint density at radius 1 is 0.933 bits per heavy atom. The zero-order valence-electron chi connectivity index (χ0n) is 24.2. The van der Waals surface area contributed by atoms with Crippen molar-refractivity contribution in [3.63, 3.8) is 0 Å². The summed E-state index contributed by atoms with van der Waals surface area (Å²) in [5, 5.41) is 12.6. The maximum atomic E-state index is 13.4. The summed E-state index contributed by atoms with van der Waals surface area (Å²) in [6.07, 6.45) is 0.992. The van der Waals surface area contributed by atoms with Gasteiger partial charge in [0.2, 0.25) is 0 Å². The summed E-state index contributed by atoms with van der Waals surface area (Å²) >= 11 is 12.9. The number of phenolic OH excluding ortho intramolecular Hbond substituents is 1. The molecule has 4 rings (SSSR count). The molecule has 0 heterocycles. The van der Waals surface area contributed by atoms with E-state index in [9.17, 15) is 27.7 Å². The molecular weight excluding hydrogens is 656 g/mol. The molecule has 0 saturated carbocycles. The van der Waals surface area contributed by atoms with E-state index in [2.05, 4.69) is 16.9 Å². The fraction of sp³-hybridized carbons (Fsp3) is 0.152. The molecule has 2 N–H and O–H groups in total. The minimum Gasteiger partial charge on any atom is -0.508 e. The van der Waals surface area contributed by atoms with Crippen LogP contribution in [0.4, 0.5) is 0 Å². The topological polar surface area (TPSA) is 127 Å². The van der Waals surface area contributed by atoms with Crippen molar-refractivity contribution in [2.24, 2.45) is 0 Å². The SMILES string of the molecule is CP(=O)(C#Cc1cc(Cl)c(C(=O)N[C@@H](Cc2cccc(S(C)(=O)=O)c2)C(=O)OCc2ccccc2)c(Cl)c1)c1cccc(O)c1. The fourth-order valence-corrected chi connectivity index (χ4v) is 6.82. The number of halogens is 2. The highest BCUT2D eigenvalue weighted by Crippen LogP contribution is 2.39. The van der Waals surface area contributed by atoms with Gasteiger partial charge in [-0.05, 0) is 53.2 Å². The number of esters is 1. The normalized spacial score (nSPS) is 13.1. The molecule has 4 aromatic rings. The predicted molar refractivity (Wildman–Crippen MR) is 175 cm³/mol. The quantitative estimate of drug-likeness (QED) is 0.129. The van der Waals surface area contributed by atoms with Gasteiger partial charge in [0.15, 0.2) is 17.0 Å². The van der Waals surface area contributed by atoms with Crippen LogP contribution in [0.25, 0.3) is 0 Å². The minimum atomic E-state index is -3.52. The van der Waals surface area contributed by atoms with E-state index in [1.165, 1.54) is 43.1 Å². The van der Waals surface area contributed by atoms with Crippen LogP contribution in [0.15, 0.2) is 95.9 Å². The highest BCUT2D eigenvalue weighted by Gasteiger charge is 2.27. The van der Waals surface area contributed by atoms with E-state index in [1.807, 2.05) is 6.07 Å². The zero-order valence-corrected chi connectivity index (χ0v) is 27.4. The third-order valence-corrected chi connectivity index (χ3v) is 10.1. The number of carbonyl (C=O) groups excluding carboxylic acids is 2. The number of amides is 1. The maximum Gasteiger partial charge on any atom is 0.329 e. The van der Waals surface area contributed by atoms with Crippen molar-refractivity contribution in [3.8, 4) is 17.3 Å². The molecule has 45 heavy (non-hydrogen) atoms. The second kappa shape index (κ2) is 14.4. The van der Waals surface area contributed by atoms with E-state index in [0.29, 0.717) is 16.4 Å². The first-order valence-electron chi connectivity index (χ1n) is 13.4. The number of ether oxygens (including phenoxy) is 1. The van der Waals surface area contributed by atoms with Crippen molar-refractivity contribution < 1.29 is 32.4 Å². The lowest BCUT2D eigenvalue weighted by atomic mass is 10.0. The van der Waals surface area contributed by atoms with Crippen molar-refractivity contribution in [2.75, 3.05) is 12.9 Å². The molecule has 0 spiro atoms. The number of hydrogen-bond acceptors (Lipinski definition) is 7.